The lowest BCUT2D eigenvalue weighted by molar-refractivity contribution is -0.137. The fourth-order valence-corrected chi connectivity index (χ4v) is 1.34. The van der Waals surface area contributed by atoms with Crippen molar-refractivity contribution in [3.63, 3.8) is 0 Å². The fourth-order valence-electron chi connectivity index (χ4n) is 1.34. The molecule has 0 spiro atoms. The van der Waals surface area contributed by atoms with E-state index in [1.54, 1.807) is 6.07 Å². The van der Waals surface area contributed by atoms with Crippen LogP contribution in [0.5, 0.6) is 0 Å². The van der Waals surface area contributed by atoms with E-state index in [1.807, 2.05) is 0 Å². The highest BCUT2D eigenvalue weighted by molar-refractivity contribution is 5.94. The van der Waals surface area contributed by atoms with Gasteiger partial charge < -0.3 is 21.9 Å². The third kappa shape index (κ3) is 2.91. The largest absolute Gasteiger partial charge is 0.480 e. The lowest BCUT2D eigenvalue weighted by atomic mass is 10.1. The van der Waals surface area contributed by atoms with Crippen molar-refractivity contribution in [2.75, 3.05) is 5.32 Å². The van der Waals surface area contributed by atoms with E-state index in [9.17, 15) is 9.59 Å². The second kappa shape index (κ2) is 5.26. The van der Waals surface area contributed by atoms with Crippen LogP contribution in [0.2, 0.25) is 0 Å². The SMILES string of the molecule is C[C@H](Nc1ccnc(C(N)=O)c1CN)C(=O)O. The number of rotatable bonds is 5. The maximum absolute atomic E-state index is 11.1. The Bertz CT molecular complexity index is 447. The van der Waals surface area contributed by atoms with Crippen molar-refractivity contribution in [1.82, 2.24) is 4.98 Å². The van der Waals surface area contributed by atoms with Crippen molar-refractivity contribution in [3.05, 3.63) is 23.5 Å². The number of carbonyl (C=O) groups is 2. The molecule has 1 heterocycles. The molecule has 0 radical (unpaired) electrons. The zero-order valence-corrected chi connectivity index (χ0v) is 9.30. The van der Waals surface area contributed by atoms with Crippen LogP contribution in [-0.4, -0.2) is 28.0 Å². The van der Waals surface area contributed by atoms with E-state index >= 15 is 0 Å². The van der Waals surface area contributed by atoms with E-state index in [1.165, 1.54) is 13.1 Å². The number of nitrogens with two attached hydrogens (primary N) is 2. The Labute approximate surface area is 97.8 Å². The van der Waals surface area contributed by atoms with Crippen LogP contribution in [0.1, 0.15) is 23.0 Å². The molecule has 1 atom stereocenters. The van der Waals surface area contributed by atoms with Crippen molar-refractivity contribution < 1.29 is 14.7 Å². The molecular weight excluding hydrogens is 224 g/mol. The normalized spacial score (nSPS) is 11.9. The van der Waals surface area contributed by atoms with E-state index in [0.717, 1.165) is 0 Å². The van der Waals surface area contributed by atoms with Crippen LogP contribution in [0, 0.1) is 0 Å². The summed E-state index contributed by atoms with van der Waals surface area (Å²) in [5.41, 5.74) is 11.6. The zero-order chi connectivity index (χ0) is 13.0. The maximum atomic E-state index is 11.1. The van der Waals surface area contributed by atoms with Gasteiger partial charge in [-0.1, -0.05) is 0 Å². The van der Waals surface area contributed by atoms with Crippen LogP contribution < -0.4 is 16.8 Å². The molecule has 0 aliphatic carbocycles. The molecule has 1 aromatic rings. The van der Waals surface area contributed by atoms with Crippen LogP contribution in [0.3, 0.4) is 0 Å². The number of carboxylic acid groups (broad SMARTS) is 1. The number of carboxylic acids is 1. The molecule has 0 unspecified atom stereocenters. The number of aromatic nitrogens is 1. The van der Waals surface area contributed by atoms with Crippen molar-refractivity contribution >= 4 is 17.6 Å². The number of aliphatic carboxylic acids is 1. The average Bonchev–Trinajstić information content (AvgIpc) is 2.28. The Kier molecular flexibility index (Phi) is 4.00. The van der Waals surface area contributed by atoms with Gasteiger partial charge in [-0.15, -0.1) is 0 Å². The number of hydrogen-bond donors (Lipinski definition) is 4. The highest BCUT2D eigenvalue weighted by Gasteiger charge is 2.16. The lowest BCUT2D eigenvalue weighted by Gasteiger charge is -2.15. The summed E-state index contributed by atoms with van der Waals surface area (Å²) in [5, 5.41) is 11.5. The van der Waals surface area contributed by atoms with Gasteiger partial charge in [-0.2, -0.15) is 0 Å². The molecule has 0 aliphatic heterocycles. The van der Waals surface area contributed by atoms with Gasteiger partial charge in [0.25, 0.3) is 5.91 Å². The molecule has 0 aromatic carbocycles. The lowest BCUT2D eigenvalue weighted by Crippen LogP contribution is -2.27. The van der Waals surface area contributed by atoms with Gasteiger partial charge in [0.15, 0.2) is 0 Å². The van der Waals surface area contributed by atoms with Crippen molar-refractivity contribution in [1.29, 1.82) is 0 Å². The molecular formula is C10H14N4O3. The number of hydrogen-bond acceptors (Lipinski definition) is 5. The van der Waals surface area contributed by atoms with Gasteiger partial charge in [0.2, 0.25) is 0 Å². The minimum absolute atomic E-state index is 0.0424. The number of nitrogens with one attached hydrogen (secondary N) is 1. The van der Waals surface area contributed by atoms with E-state index in [-0.39, 0.29) is 12.2 Å². The molecule has 0 bridgehead atoms. The monoisotopic (exact) mass is 238 g/mol. The number of carbonyl (C=O) groups excluding carboxylic acids is 1. The first-order valence-corrected chi connectivity index (χ1v) is 4.94. The van der Waals surface area contributed by atoms with Crippen molar-refractivity contribution in [2.24, 2.45) is 11.5 Å². The summed E-state index contributed by atoms with van der Waals surface area (Å²) in [5.74, 6) is -1.71. The van der Waals surface area contributed by atoms with Gasteiger partial charge in [0, 0.05) is 24.0 Å². The first kappa shape index (κ1) is 12.9. The number of anilines is 1. The topological polar surface area (TPSA) is 131 Å². The molecule has 0 fully saturated rings. The second-order valence-corrected chi connectivity index (χ2v) is 3.46. The quantitative estimate of drug-likeness (QED) is 0.548. The van der Waals surface area contributed by atoms with Gasteiger partial charge >= 0.3 is 5.97 Å². The molecule has 0 aliphatic rings. The second-order valence-electron chi connectivity index (χ2n) is 3.46. The Balaban J connectivity index is 3.11. The molecule has 1 aromatic heterocycles. The first-order valence-electron chi connectivity index (χ1n) is 4.94. The Morgan fingerprint density at radius 2 is 2.24 bits per heavy atom. The molecule has 7 nitrogen and oxygen atoms in total. The summed E-state index contributed by atoms with van der Waals surface area (Å²) in [6, 6.07) is 0.747. The molecule has 92 valence electrons. The number of amides is 1. The van der Waals surface area contributed by atoms with Crippen LogP contribution in [0.15, 0.2) is 12.3 Å². The third-order valence-corrected chi connectivity index (χ3v) is 2.24. The highest BCUT2D eigenvalue weighted by Crippen LogP contribution is 2.18. The summed E-state index contributed by atoms with van der Waals surface area (Å²) in [7, 11) is 0. The number of primary amides is 1. The minimum Gasteiger partial charge on any atom is -0.480 e. The summed E-state index contributed by atoms with van der Waals surface area (Å²) < 4.78 is 0. The summed E-state index contributed by atoms with van der Waals surface area (Å²) >= 11 is 0. The van der Waals surface area contributed by atoms with Crippen molar-refractivity contribution in [3.8, 4) is 0 Å². The van der Waals surface area contributed by atoms with Crippen LogP contribution >= 0.6 is 0 Å². The highest BCUT2D eigenvalue weighted by atomic mass is 16.4. The Morgan fingerprint density at radius 3 is 2.71 bits per heavy atom. The van der Waals surface area contributed by atoms with Crippen LogP contribution in [-0.2, 0) is 11.3 Å². The zero-order valence-electron chi connectivity index (χ0n) is 9.30. The average molecular weight is 238 g/mol. The Morgan fingerprint density at radius 1 is 1.59 bits per heavy atom. The van der Waals surface area contributed by atoms with Crippen LogP contribution in [0.25, 0.3) is 0 Å². The maximum Gasteiger partial charge on any atom is 0.325 e. The third-order valence-electron chi connectivity index (χ3n) is 2.24. The summed E-state index contributed by atoms with van der Waals surface area (Å²) in [6.07, 6.45) is 1.37. The van der Waals surface area contributed by atoms with E-state index in [4.69, 9.17) is 16.6 Å². The molecule has 17 heavy (non-hydrogen) atoms. The Hall–Kier alpha value is -2.15. The van der Waals surface area contributed by atoms with Gasteiger partial charge in [0.05, 0.1) is 0 Å². The molecule has 6 N–H and O–H groups in total. The predicted octanol–water partition coefficient (Wildman–Crippen LogP) is -0.476. The fraction of sp³-hybridized carbons (Fsp3) is 0.300. The van der Waals surface area contributed by atoms with Crippen LogP contribution in [0.4, 0.5) is 5.69 Å². The number of nitrogens with zero attached hydrogens (tertiary/aromatic N) is 1. The molecule has 1 rings (SSSR count). The smallest absolute Gasteiger partial charge is 0.325 e. The molecule has 7 heteroatoms. The van der Waals surface area contributed by atoms with Gasteiger partial charge in [0.1, 0.15) is 11.7 Å². The van der Waals surface area contributed by atoms with Crippen molar-refractivity contribution in [2.45, 2.75) is 19.5 Å². The standard InChI is InChI=1S/C10H14N4O3/c1-5(10(16)17)14-7-2-3-13-8(9(12)15)6(7)4-11/h2-3,5H,4,11H2,1H3,(H2,12,15)(H,13,14)(H,16,17)/t5-/m0/s1. The molecule has 0 saturated heterocycles. The van der Waals surface area contributed by atoms with E-state index in [0.29, 0.717) is 11.3 Å². The van der Waals surface area contributed by atoms with Gasteiger partial charge in [-0.25, -0.2) is 0 Å². The molecule has 1 amide bonds. The first-order chi connectivity index (χ1) is 7.97. The molecule has 0 saturated carbocycles. The summed E-state index contributed by atoms with van der Waals surface area (Å²) in [4.78, 5) is 25.7. The van der Waals surface area contributed by atoms with Gasteiger partial charge in [-0.05, 0) is 13.0 Å². The number of pyridine rings is 1. The van der Waals surface area contributed by atoms with E-state index in [2.05, 4.69) is 10.3 Å². The predicted molar refractivity (Wildman–Crippen MR) is 61.4 cm³/mol. The van der Waals surface area contributed by atoms with Gasteiger partial charge in [-0.3, -0.25) is 14.6 Å². The summed E-state index contributed by atoms with van der Waals surface area (Å²) in [6.45, 7) is 1.52. The van der Waals surface area contributed by atoms with E-state index < -0.39 is 17.9 Å². The minimum atomic E-state index is -1.01.